The second-order valence-electron chi connectivity index (χ2n) is 7.16. The van der Waals surface area contributed by atoms with Gasteiger partial charge >= 0.3 is 0 Å². The highest BCUT2D eigenvalue weighted by Crippen LogP contribution is 2.22. The van der Waals surface area contributed by atoms with E-state index < -0.39 is 0 Å². The van der Waals surface area contributed by atoms with Crippen LogP contribution in [0.25, 0.3) is 0 Å². The van der Waals surface area contributed by atoms with E-state index in [4.69, 9.17) is 9.47 Å². The van der Waals surface area contributed by atoms with E-state index in [0.29, 0.717) is 45.9 Å². The van der Waals surface area contributed by atoms with Crippen LogP contribution < -0.4 is 4.74 Å². The van der Waals surface area contributed by atoms with Crippen LogP contribution in [-0.4, -0.2) is 92.1 Å². The van der Waals surface area contributed by atoms with Crippen molar-refractivity contribution in [3.8, 4) is 5.75 Å². The summed E-state index contributed by atoms with van der Waals surface area (Å²) in [6, 6.07) is 5.93. The second kappa shape index (κ2) is 9.19. The van der Waals surface area contributed by atoms with Crippen LogP contribution in [0.4, 0.5) is 0 Å². The lowest BCUT2D eigenvalue weighted by atomic mass is 10.1. The molecule has 2 aliphatic rings. The summed E-state index contributed by atoms with van der Waals surface area (Å²) in [5, 5.41) is 0. The number of ether oxygens (including phenoxy) is 2. The first-order chi connectivity index (χ1) is 13.0. The molecule has 148 valence electrons. The predicted octanol–water partition coefficient (Wildman–Crippen LogP) is 0.685. The van der Waals surface area contributed by atoms with Gasteiger partial charge in [0.05, 0.1) is 19.8 Å². The van der Waals surface area contributed by atoms with E-state index in [1.165, 1.54) is 0 Å². The molecule has 7 heteroatoms. The number of piperazine rings is 1. The average molecular weight is 375 g/mol. The predicted molar refractivity (Wildman–Crippen MR) is 102 cm³/mol. The molecule has 2 saturated heterocycles. The third kappa shape index (κ3) is 5.20. The number of para-hydroxylation sites is 1. The summed E-state index contributed by atoms with van der Waals surface area (Å²) < 4.78 is 11.1. The van der Waals surface area contributed by atoms with E-state index in [9.17, 15) is 9.59 Å². The highest BCUT2D eigenvalue weighted by Gasteiger charge is 2.26. The van der Waals surface area contributed by atoms with Crippen molar-refractivity contribution >= 4 is 11.8 Å². The molecule has 7 nitrogen and oxygen atoms in total. The quantitative estimate of drug-likeness (QED) is 0.758. The first-order valence-corrected chi connectivity index (χ1v) is 9.59. The molecule has 2 fully saturated rings. The van der Waals surface area contributed by atoms with Crippen LogP contribution in [0.2, 0.25) is 0 Å². The maximum absolute atomic E-state index is 12.5. The zero-order valence-electron chi connectivity index (χ0n) is 16.3. The minimum atomic E-state index is -0.0297. The van der Waals surface area contributed by atoms with Gasteiger partial charge in [0.2, 0.25) is 5.91 Å². The summed E-state index contributed by atoms with van der Waals surface area (Å²) in [4.78, 5) is 30.7. The van der Waals surface area contributed by atoms with Crippen LogP contribution >= 0.6 is 0 Å². The number of nitrogens with zero attached hydrogens (tertiary/aromatic N) is 3. The molecular formula is C20H29N3O4. The molecule has 0 unspecified atom stereocenters. The number of morpholine rings is 1. The number of aryl methyl sites for hydroxylation is 2. The Morgan fingerprint density at radius 2 is 1.48 bits per heavy atom. The van der Waals surface area contributed by atoms with Gasteiger partial charge in [-0.15, -0.1) is 0 Å². The van der Waals surface area contributed by atoms with E-state index >= 15 is 0 Å². The molecule has 0 N–H and O–H groups in total. The minimum absolute atomic E-state index is 0.0297. The maximum atomic E-state index is 12.5. The van der Waals surface area contributed by atoms with E-state index in [1.54, 1.807) is 4.90 Å². The molecule has 0 saturated carbocycles. The first-order valence-electron chi connectivity index (χ1n) is 9.59. The summed E-state index contributed by atoms with van der Waals surface area (Å²) in [6.45, 7) is 9.70. The number of carbonyl (C=O) groups is 2. The molecule has 2 heterocycles. The second-order valence-corrected chi connectivity index (χ2v) is 7.16. The molecule has 3 rings (SSSR count). The normalized spacial score (nSPS) is 18.4. The fourth-order valence-corrected chi connectivity index (χ4v) is 3.51. The van der Waals surface area contributed by atoms with Crippen molar-refractivity contribution in [1.82, 2.24) is 14.7 Å². The highest BCUT2D eigenvalue weighted by atomic mass is 16.5. The summed E-state index contributed by atoms with van der Waals surface area (Å²) in [7, 11) is 0. The molecule has 0 aromatic heterocycles. The van der Waals surface area contributed by atoms with E-state index in [2.05, 4.69) is 4.90 Å². The van der Waals surface area contributed by atoms with E-state index in [-0.39, 0.29) is 18.4 Å². The topological polar surface area (TPSA) is 62.3 Å². The fraction of sp³-hybridized carbons (Fsp3) is 0.600. The van der Waals surface area contributed by atoms with Gasteiger partial charge in [-0.05, 0) is 25.0 Å². The lowest BCUT2D eigenvalue weighted by Crippen LogP contribution is -2.54. The van der Waals surface area contributed by atoms with Gasteiger partial charge in [0.25, 0.3) is 5.91 Å². The lowest BCUT2D eigenvalue weighted by molar-refractivity contribution is -0.141. The van der Waals surface area contributed by atoms with Gasteiger partial charge < -0.3 is 19.3 Å². The number of rotatable bonds is 5. The number of amides is 2. The van der Waals surface area contributed by atoms with Crippen LogP contribution in [0, 0.1) is 13.8 Å². The maximum Gasteiger partial charge on any atom is 0.260 e. The Bertz CT molecular complexity index is 645. The molecular weight excluding hydrogens is 346 g/mol. The molecule has 2 amide bonds. The van der Waals surface area contributed by atoms with Crippen molar-refractivity contribution in [2.45, 2.75) is 13.8 Å². The Morgan fingerprint density at radius 3 is 2.07 bits per heavy atom. The molecule has 0 radical (unpaired) electrons. The van der Waals surface area contributed by atoms with Gasteiger partial charge in [-0.1, -0.05) is 18.2 Å². The Labute approximate surface area is 160 Å². The van der Waals surface area contributed by atoms with Gasteiger partial charge in [0.15, 0.2) is 6.61 Å². The van der Waals surface area contributed by atoms with Gasteiger partial charge in [0.1, 0.15) is 5.75 Å². The Kier molecular flexibility index (Phi) is 6.68. The van der Waals surface area contributed by atoms with Gasteiger partial charge in [-0.3, -0.25) is 14.5 Å². The fourth-order valence-electron chi connectivity index (χ4n) is 3.51. The Morgan fingerprint density at radius 1 is 0.926 bits per heavy atom. The van der Waals surface area contributed by atoms with Crippen molar-refractivity contribution in [3.05, 3.63) is 29.3 Å². The third-order valence-electron chi connectivity index (χ3n) is 5.20. The van der Waals surface area contributed by atoms with Crippen LogP contribution in [0.15, 0.2) is 18.2 Å². The van der Waals surface area contributed by atoms with Crippen molar-refractivity contribution < 1.29 is 19.1 Å². The summed E-state index contributed by atoms with van der Waals surface area (Å²) in [5.41, 5.74) is 2.06. The van der Waals surface area contributed by atoms with Crippen LogP contribution in [0.1, 0.15) is 11.1 Å². The number of benzene rings is 1. The SMILES string of the molecule is Cc1cccc(C)c1OCC(=O)N1CCN(C(=O)CN2CCOCC2)CC1. The van der Waals surface area contributed by atoms with Crippen molar-refractivity contribution in [2.75, 3.05) is 65.6 Å². The van der Waals surface area contributed by atoms with E-state index in [0.717, 1.165) is 30.0 Å². The smallest absolute Gasteiger partial charge is 0.260 e. The van der Waals surface area contributed by atoms with Gasteiger partial charge in [0, 0.05) is 39.3 Å². The van der Waals surface area contributed by atoms with Gasteiger partial charge in [-0.25, -0.2) is 0 Å². The molecule has 2 aliphatic heterocycles. The van der Waals surface area contributed by atoms with Crippen LogP contribution in [0.3, 0.4) is 0 Å². The van der Waals surface area contributed by atoms with Crippen LogP contribution in [-0.2, 0) is 14.3 Å². The van der Waals surface area contributed by atoms with Crippen molar-refractivity contribution in [2.24, 2.45) is 0 Å². The molecule has 27 heavy (non-hydrogen) atoms. The number of hydrogen-bond donors (Lipinski definition) is 0. The number of hydrogen-bond acceptors (Lipinski definition) is 5. The van der Waals surface area contributed by atoms with E-state index in [1.807, 2.05) is 36.9 Å². The molecule has 0 spiro atoms. The Hall–Kier alpha value is -2.12. The first kappa shape index (κ1) is 19.6. The Balaban J connectivity index is 1.43. The summed E-state index contributed by atoms with van der Waals surface area (Å²) >= 11 is 0. The zero-order chi connectivity index (χ0) is 19.2. The minimum Gasteiger partial charge on any atom is -0.483 e. The largest absolute Gasteiger partial charge is 0.483 e. The number of carbonyl (C=O) groups excluding carboxylic acids is 2. The lowest BCUT2D eigenvalue weighted by Gasteiger charge is -2.36. The summed E-state index contributed by atoms with van der Waals surface area (Å²) in [5.74, 6) is 0.888. The molecule has 0 atom stereocenters. The average Bonchev–Trinajstić information content (AvgIpc) is 2.68. The van der Waals surface area contributed by atoms with Crippen molar-refractivity contribution in [3.63, 3.8) is 0 Å². The van der Waals surface area contributed by atoms with Gasteiger partial charge in [-0.2, -0.15) is 0 Å². The third-order valence-corrected chi connectivity index (χ3v) is 5.20. The molecule has 1 aromatic carbocycles. The monoisotopic (exact) mass is 375 g/mol. The zero-order valence-corrected chi connectivity index (χ0v) is 16.3. The van der Waals surface area contributed by atoms with Crippen LogP contribution in [0.5, 0.6) is 5.75 Å². The molecule has 0 aliphatic carbocycles. The van der Waals surface area contributed by atoms with Crippen molar-refractivity contribution in [1.29, 1.82) is 0 Å². The standard InChI is InChI=1S/C20H29N3O4/c1-16-4-3-5-17(2)20(16)27-15-19(25)23-8-6-22(7-9-23)18(24)14-21-10-12-26-13-11-21/h3-5H,6-15H2,1-2H3. The highest BCUT2D eigenvalue weighted by molar-refractivity contribution is 5.80. The summed E-state index contributed by atoms with van der Waals surface area (Å²) in [6.07, 6.45) is 0. The molecule has 1 aromatic rings. The molecule has 0 bridgehead atoms.